The second-order valence-electron chi connectivity index (χ2n) is 6.42. The fraction of sp³-hybridized carbons (Fsp3) is 0.381. The van der Waals surface area contributed by atoms with E-state index in [0.29, 0.717) is 18.0 Å². The zero-order valence-corrected chi connectivity index (χ0v) is 17.9. The molecule has 0 saturated carbocycles. The van der Waals surface area contributed by atoms with Gasteiger partial charge in [0.15, 0.2) is 0 Å². The highest BCUT2D eigenvalue weighted by molar-refractivity contribution is 7.92. The lowest BCUT2D eigenvalue weighted by Gasteiger charge is -2.26. The van der Waals surface area contributed by atoms with Crippen molar-refractivity contribution < 1.29 is 22.7 Å². The predicted octanol–water partition coefficient (Wildman–Crippen LogP) is 3.21. The molecule has 0 bridgehead atoms. The Morgan fingerprint density at radius 2 is 1.76 bits per heavy atom. The summed E-state index contributed by atoms with van der Waals surface area (Å²) in [4.78, 5) is 12.6. The molecule has 0 aliphatic heterocycles. The number of hydrogen-bond donors (Lipinski definition) is 1. The summed E-state index contributed by atoms with van der Waals surface area (Å²) in [6.45, 7) is 2.21. The number of anilines is 1. The molecule has 0 radical (unpaired) electrons. The van der Waals surface area contributed by atoms with Crippen molar-refractivity contribution in [1.82, 2.24) is 5.32 Å². The minimum Gasteiger partial charge on any atom is -0.497 e. The van der Waals surface area contributed by atoms with Crippen molar-refractivity contribution in [2.75, 3.05) is 31.6 Å². The van der Waals surface area contributed by atoms with Crippen LogP contribution < -0.4 is 19.1 Å². The van der Waals surface area contributed by atoms with Gasteiger partial charge in [-0.2, -0.15) is 0 Å². The Labute approximate surface area is 172 Å². The van der Waals surface area contributed by atoms with Crippen LogP contribution in [-0.2, 0) is 14.8 Å². The molecule has 158 valence electrons. The standard InChI is InChI=1S/C21H28N2O5S/c1-4-5-9-14-22-21(24)16-23(29(25,26)18-10-7-6-8-11-18)19-15-17(27-2)12-13-20(19)28-3/h6-8,10-13,15H,4-5,9,14,16H2,1-3H3,(H,22,24). The normalized spacial score (nSPS) is 11.0. The second-order valence-corrected chi connectivity index (χ2v) is 8.28. The molecule has 0 aliphatic rings. The highest BCUT2D eigenvalue weighted by atomic mass is 32.2. The third-order valence-corrected chi connectivity index (χ3v) is 6.15. The molecule has 2 rings (SSSR count). The van der Waals surface area contributed by atoms with Gasteiger partial charge < -0.3 is 14.8 Å². The molecule has 8 heteroatoms. The maximum atomic E-state index is 13.4. The van der Waals surface area contributed by atoms with Crippen molar-refractivity contribution in [3.8, 4) is 11.5 Å². The van der Waals surface area contributed by atoms with Crippen LogP contribution in [0, 0.1) is 0 Å². The molecule has 0 spiro atoms. The fourth-order valence-corrected chi connectivity index (χ4v) is 4.24. The maximum Gasteiger partial charge on any atom is 0.264 e. The first-order chi connectivity index (χ1) is 13.9. The number of sulfonamides is 1. The Hall–Kier alpha value is -2.74. The highest BCUT2D eigenvalue weighted by Gasteiger charge is 2.29. The minimum atomic E-state index is -4.01. The van der Waals surface area contributed by atoms with Gasteiger partial charge in [-0.05, 0) is 30.7 Å². The van der Waals surface area contributed by atoms with E-state index in [1.54, 1.807) is 36.4 Å². The monoisotopic (exact) mass is 420 g/mol. The van der Waals surface area contributed by atoms with E-state index in [2.05, 4.69) is 12.2 Å². The minimum absolute atomic E-state index is 0.0867. The van der Waals surface area contributed by atoms with E-state index in [0.717, 1.165) is 23.6 Å². The van der Waals surface area contributed by atoms with Crippen molar-refractivity contribution in [3.63, 3.8) is 0 Å². The highest BCUT2D eigenvalue weighted by Crippen LogP contribution is 2.35. The summed E-state index contributed by atoms with van der Waals surface area (Å²) in [5.74, 6) is 0.395. The van der Waals surface area contributed by atoms with Crippen molar-refractivity contribution in [2.24, 2.45) is 0 Å². The van der Waals surface area contributed by atoms with Gasteiger partial charge in [-0.15, -0.1) is 0 Å². The summed E-state index contributed by atoms with van der Waals surface area (Å²) >= 11 is 0. The molecule has 0 aliphatic carbocycles. The Bertz CT molecular complexity index is 901. The number of nitrogens with one attached hydrogen (secondary N) is 1. The predicted molar refractivity (Wildman–Crippen MR) is 113 cm³/mol. The van der Waals surface area contributed by atoms with Gasteiger partial charge in [0.05, 0.1) is 24.8 Å². The fourth-order valence-electron chi connectivity index (χ4n) is 2.80. The number of hydrogen-bond acceptors (Lipinski definition) is 5. The lowest BCUT2D eigenvalue weighted by Crippen LogP contribution is -2.41. The number of rotatable bonds is 11. The number of ether oxygens (including phenoxy) is 2. The molecule has 1 amide bonds. The van der Waals surface area contributed by atoms with E-state index < -0.39 is 10.0 Å². The number of amides is 1. The molecule has 2 aromatic carbocycles. The van der Waals surface area contributed by atoms with Crippen LogP contribution in [0.3, 0.4) is 0 Å². The van der Waals surface area contributed by atoms with Gasteiger partial charge in [0.2, 0.25) is 5.91 Å². The van der Waals surface area contributed by atoms with Gasteiger partial charge in [-0.3, -0.25) is 9.10 Å². The molecule has 1 N–H and O–H groups in total. The van der Waals surface area contributed by atoms with Crippen LogP contribution in [-0.4, -0.2) is 41.6 Å². The van der Waals surface area contributed by atoms with E-state index in [1.165, 1.54) is 26.4 Å². The van der Waals surface area contributed by atoms with Crippen molar-refractivity contribution in [1.29, 1.82) is 0 Å². The number of benzene rings is 2. The molecular formula is C21H28N2O5S. The van der Waals surface area contributed by atoms with Gasteiger partial charge in [0.25, 0.3) is 10.0 Å². The Kier molecular flexibility index (Phi) is 8.33. The van der Waals surface area contributed by atoms with Gasteiger partial charge in [-0.25, -0.2) is 8.42 Å². The smallest absolute Gasteiger partial charge is 0.264 e. The molecule has 0 atom stereocenters. The average molecular weight is 421 g/mol. The van der Waals surface area contributed by atoms with Gasteiger partial charge in [-0.1, -0.05) is 38.0 Å². The number of carbonyl (C=O) groups excluding carboxylic acids is 1. The van der Waals surface area contributed by atoms with Crippen molar-refractivity contribution >= 4 is 21.6 Å². The molecular weight excluding hydrogens is 392 g/mol. The molecule has 0 unspecified atom stereocenters. The number of nitrogens with zero attached hydrogens (tertiary/aromatic N) is 1. The summed E-state index contributed by atoms with van der Waals surface area (Å²) in [5.41, 5.74) is 0.236. The molecule has 0 heterocycles. The first kappa shape index (κ1) is 22.5. The Balaban J connectivity index is 2.43. The molecule has 0 aromatic heterocycles. The molecule has 0 fully saturated rings. The van der Waals surface area contributed by atoms with Crippen molar-refractivity contribution in [2.45, 2.75) is 31.1 Å². The van der Waals surface area contributed by atoms with E-state index in [4.69, 9.17) is 9.47 Å². The van der Waals surface area contributed by atoms with Crippen molar-refractivity contribution in [3.05, 3.63) is 48.5 Å². The summed E-state index contributed by atoms with van der Waals surface area (Å²) in [7, 11) is -1.07. The first-order valence-corrected chi connectivity index (χ1v) is 10.9. The third-order valence-electron chi connectivity index (χ3n) is 4.38. The van der Waals surface area contributed by atoms with Crippen LogP contribution >= 0.6 is 0 Å². The number of unbranched alkanes of at least 4 members (excludes halogenated alkanes) is 2. The summed E-state index contributed by atoms with van der Waals surface area (Å²) < 4.78 is 38.4. The Morgan fingerprint density at radius 3 is 2.38 bits per heavy atom. The van der Waals surface area contributed by atoms with E-state index in [-0.39, 0.29) is 23.0 Å². The summed E-state index contributed by atoms with van der Waals surface area (Å²) in [6, 6.07) is 12.8. The molecule has 7 nitrogen and oxygen atoms in total. The summed E-state index contributed by atoms with van der Waals surface area (Å²) in [6.07, 6.45) is 2.87. The number of methoxy groups -OCH3 is 2. The van der Waals surface area contributed by atoms with Gasteiger partial charge in [0, 0.05) is 12.6 Å². The largest absolute Gasteiger partial charge is 0.497 e. The lowest BCUT2D eigenvalue weighted by molar-refractivity contribution is -0.119. The van der Waals surface area contributed by atoms with Crippen LogP contribution in [0.5, 0.6) is 11.5 Å². The van der Waals surface area contributed by atoms with Crippen LogP contribution in [0.25, 0.3) is 0 Å². The van der Waals surface area contributed by atoms with Crippen LogP contribution in [0.4, 0.5) is 5.69 Å². The second kappa shape index (κ2) is 10.7. The topological polar surface area (TPSA) is 84.9 Å². The third kappa shape index (κ3) is 5.87. The average Bonchev–Trinajstić information content (AvgIpc) is 2.75. The zero-order valence-electron chi connectivity index (χ0n) is 17.1. The Morgan fingerprint density at radius 1 is 1.03 bits per heavy atom. The maximum absolute atomic E-state index is 13.4. The van der Waals surface area contributed by atoms with Gasteiger partial charge in [0.1, 0.15) is 18.0 Å². The van der Waals surface area contributed by atoms with E-state index >= 15 is 0 Å². The SMILES string of the molecule is CCCCCNC(=O)CN(c1cc(OC)ccc1OC)S(=O)(=O)c1ccccc1. The quantitative estimate of drug-likeness (QED) is 0.564. The zero-order chi connectivity index (χ0) is 21.3. The van der Waals surface area contributed by atoms with Crippen LogP contribution in [0.1, 0.15) is 26.2 Å². The summed E-state index contributed by atoms with van der Waals surface area (Å²) in [5, 5.41) is 2.79. The van der Waals surface area contributed by atoms with Gasteiger partial charge >= 0.3 is 0 Å². The molecule has 0 saturated heterocycles. The van der Waals surface area contributed by atoms with E-state index in [1.807, 2.05) is 0 Å². The van der Waals surface area contributed by atoms with E-state index in [9.17, 15) is 13.2 Å². The first-order valence-electron chi connectivity index (χ1n) is 9.50. The molecule has 29 heavy (non-hydrogen) atoms. The molecule has 2 aromatic rings. The van der Waals surface area contributed by atoms with Crippen LogP contribution in [0.15, 0.2) is 53.4 Å². The van der Waals surface area contributed by atoms with Crippen LogP contribution in [0.2, 0.25) is 0 Å². The number of carbonyl (C=O) groups is 1. The lowest BCUT2D eigenvalue weighted by atomic mass is 10.2.